The van der Waals surface area contributed by atoms with Crippen LogP contribution in [0, 0.1) is 11.6 Å². The number of nitrogens with zero attached hydrogens (tertiary/aromatic N) is 1. The summed E-state index contributed by atoms with van der Waals surface area (Å²) in [4.78, 5) is 7.03. The quantitative estimate of drug-likeness (QED) is 0.778. The SMILES string of the molecule is NC1(c2nc3c(F)cc(F)cc3[nH]2)CCC1. The Balaban J connectivity index is 2.19. The molecule has 16 heavy (non-hydrogen) atoms. The van der Waals surface area contributed by atoms with E-state index in [1.54, 1.807) is 0 Å². The van der Waals surface area contributed by atoms with Gasteiger partial charge in [-0.15, -0.1) is 0 Å². The second kappa shape index (κ2) is 3.01. The first kappa shape index (κ1) is 9.72. The van der Waals surface area contributed by atoms with E-state index in [1.165, 1.54) is 6.07 Å². The van der Waals surface area contributed by atoms with Gasteiger partial charge in [-0.1, -0.05) is 0 Å². The Labute approximate surface area is 90.7 Å². The van der Waals surface area contributed by atoms with Gasteiger partial charge < -0.3 is 10.7 Å². The molecule has 84 valence electrons. The summed E-state index contributed by atoms with van der Waals surface area (Å²) in [5, 5.41) is 0. The highest BCUT2D eigenvalue weighted by Crippen LogP contribution is 2.38. The zero-order chi connectivity index (χ0) is 11.3. The fraction of sp³-hybridized carbons (Fsp3) is 0.364. The van der Waals surface area contributed by atoms with Gasteiger partial charge in [-0.05, 0) is 25.3 Å². The molecule has 5 heteroatoms. The molecule has 1 heterocycles. The van der Waals surface area contributed by atoms with Gasteiger partial charge in [0.2, 0.25) is 0 Å². The molecule has 1 fully saturated rings. The maximum atomic E-state index is 13.4. The van der Waals surface area contributed by atoms with Crippen molar-refractivity contribution >= 4 is 11.0 Å². The maximum absolute atomic E-state index is 13.4. The van der Waals surface area contributed by atoms with Crippen molar-refractivity contribution in [3.63, 3.8) is 0 Å². The number of imidazole rings is 1. The summed E-state index contributed by atoms with van der Waals surface area (Å²) >= 11 is 0. The van der Waals surface area contributed by atoms with Crippen LogP contribution >= 0.6 is 0 Å². The molecule has 1 saturated carbocycles. The van der Waals surface area contributed by atoms with Crippen molar-refractivity contribution in [3.8, 4) is 0 Å². The molecule has 0 atom stereocenters. The van der Waals surface area contributed by atoms with E-state index in [1.807, 2.05) is 0 Å². The van der Waals surface area contributed by atoms with E-state index >= 15 is 0 Å². The Bertz CT molecular complexity index is 558. The number of benzene rings is 1. The average molecular weight is 223 g/mol. The second-order valence-electron chi connectivity index (χ2n) is 4.38. The molecule has 0 spiro atoms. The van der Waals surface area contributed by atoms with Crippen LogP contribution in [0.4, 0.5) is 8.78 Å². The van der Waals surface area contributed by atoms with E-state index in [2.05, 4.69) is 9.97 Å². The number of rotatable bonds is 1. The van der Waals surface area contributed by atoms with Gasteiger partial charge in [-0.25, -0.2) is 13.8 Å². The van der Waals surface area contributed by atoms with Crippen molar-refractivity contribution in [2.75, 3.05) is 0 Å². The Kier molecular flexibility index (Phi) is 1.83. The van der Waals surface area contributed by atoms with Gasteiger partial charge in [0.05, 0.1) is 11.1 Å². The first-order valence-electron chi connectivity index (χ1n) is 5.23. The number of fused-ring (bicyclic) bond motifs is 1. The highest BCUT2D eigenvalue weighted by Gasteiger charge is 2.37. The van der Waals surface area contributed by atoms with Crippen LogP contribution in [0.3, 0.4) is 0 Å². The van der Waals surface area contributed by atoms with Crippen LogP contribution in [0.5, 0.6) is 0 Å². The summed E-state index contributed by atoms with van der Waals surface area (Å²) in [5.74, 6) is -0.710. The van der Waals surface area contributed by atoms with Crippen molar-refractivity contribution < 1.29 is 8.78 Å². The fourth-order valence-electron chi connectivity index (χ4n) is 2.07. The van der Waals surface area contributed by atoms with E-state index in [-0.39, 0.29) is 5.52 Å². The summed E-state index contributed by atoms with van der Waals surface area (Å²) in [7, 11) is 0. The number of nitrogens with one attached hydrogen (secondary N) is 1. The summed E-state index contributed by atoms with van der Waals surface area (Å²) in [6.45, 7) is 0. The van der Waals surface area contributed by atoms with E-state index in [9.17, 15) is 8.78 Å². The molecule has 0 aliphatic heterocycles. The molecule has 2 aromatic rings. The summed E-state index contributed by atoms with van der Waals surface area (Å²) < 4.78 is 26.4. The summed E-state index contributed by atoms with van der Waals surface area (Å²) in [6, 6.07) is 2.06. The van der Waals surface area contributed by atoms with Crippen LogP contribution < -0.4 is 5.73 Å². The Morgan fingerprint density at radius 2 is 2.06 bits per heavy atom. The van der Waals surface area contributed by atoms with Gasteiger partial charge in [0.15, 0.2) is 5.82 Å². The monoisotopic (exact) mass is 223 g/mol. The van der Waals surface area contributed by atoms with Crippen LogP contribution in [-0.2, 0) is 5.54 Å². The largest absolute Gasteiger partial charge is 0.340 e. The molecule has 0 saturated heterocycles. The first-order valence-corrected chi connectivity index (χ1v) is 5.23. The Morgan fingerprint density at radius 1 is 1.31 bits per heavy atom. The predicted molar refractivity (Wildman–Crippen MR) is 55.7 cm³/mol. The molecule has 0 unspecified atom stereocenters. The van der Waals surface area contributed by atoms with Crippen molar-refractivity contribution in [1.82, 2.24) is 9.97 Å². The zero-order valence-corrected chi connectivity index (χ0v) is 8.56. The number of nitrogens with two attached hydrogens (primary N) is 1. The molecule has 1 aliphatic rings. The van der Waals surface area contributed by atoms with Crippen LogP contribution in [0.15, 0.2) is 12.1 Å². The van der Waals surface area contributed by atoms with Gasteiger partial charge >= 0.3 is 0 Å². The maximum Gasteiger partial charge on any atom is 0.153 e. The van der Waals surface area contributed by atoms with Gasteiger partial charge in [0.25, 0.3) is 0 Å². The molecule has 0 bridgehead atoms. The Morgan fingerprint density at radius 3 is 2.69 bits per heavy atom. The molecule has 3 nitrogen and oxygen atoms in total. The van der Waals surface area contributed by atoms with Gasteiger partial charge in [0, 0.05) is 6.07 Å². The van der Waals surface area contributed by atoms with E-state index in [0.717, 1.165) is 25.3 Å². The molecular weight excluding hydrogens is 212 g/mol. The number of halogens is 2. The van der Waals surface area contributed by atoms with Crippen molar-refractivity contribution in [2.45, 2.75) is 24.8 Å². The summed E-state index contributed by atoms with van der Waals surface area (Å²) in [5.41, 5.74) is 6.11. The lowest BCUT2D eigenvalue weighted by atomic mass is 9.77. The average Bonchev–Trinajstić information content (AvgIpc) is 2.58. The molecule has 0 amide bonds. The Hall–Kier alpha value is -1.49. The lowest BCUT2D eigenvalue weighted by Gasteiger charge is -2.35. The van der Waals surface area contributed by atoms with E-state index < -0.39 is 17.2 Å². The highest BCUT2D eigenvalue weighted by molar-refractivity contribution is 5.76. The lowest BCUT2D eigenvalue weighted by molar-refractivity contribution is 0.240. The van der Waals surface area contributed by atoms with Gasteiger partial charge in [-0.3, -0.25) is 0 Å². The van der Waals surface area contributed by atoms with Gasteiger partial charge in [-0.2, -0.15) is 0 Å². The van der Waals surface area contributed by atoms with Crippen molar-refractivity contribution in [1.29, 1.82) is 0 Å². The second-order valence-corrected chi connectivity index (χ2v) is 4.38. The molecule has 3 N–H and O–H groups in total. The van der Waals surface area contributed by atoms with Crippen LogP contribution in [0.25, 0.3) is 11.0 Å². The van der Waals surface area contributed by atoms with E-state index in [4.69, 9.17) is 5.73 Å². The van der Waals surface area contributed by atoms with Crippen LogP contribution in [0.2, 0.25) is 0 Å². The number of H-pyrrole nitrogens is 1. The molecular formula is C11H11F2N3. The standard InChI is InChI=1S/C11H11F2N3/c12-6-4-7(13)9-8(5-6)15-10(16-9)11(14)2-1-3-11/h4-5H,1-3,14H2,(H,15,16). The molecule has 1 aromatic carbocycles. The lowest BCUT2D eigenvalue weighted by Crippen LogP contribution is -2.44. The predicted octanol–water partition coefficient (Wildman–Crippen LogP) is 2.18. The zero-order valence-electron chi connectivity index (χ0n) is 8.56. The molecule has 0 radical (unpaired) electrons. The number of aromatic amines is 1. The fourth-order valence-corrected chi connectivity index (χ4v) is 2.07. The molecule has 3 rings (SSSR count). The minimum atomic E-state index is -0.652. The third-order valence-electron chi connectivity index (χ3n) is 3.22. The summed E-state index contributed by atoms with van der Waals surface area (Å²) in [6.07, 6.45) is 2.71. The normalized spacial score (nSPS) is 18.7. The van der Waals surface area contributed by atoms with Crippen molar-refractivity contribution in [2.24, 2.45) is 5.73 Å². The van der Waals surface area contributed by atoms with Crippen molar-refractivity contribution in [3.05, 3.63) is 29.6 Å². The third kappa shape index (κ3) is 1.24. The minimum Gasteiger partial charge on any atom is -0.340 e. The first-order chi connectivity index (χ1) is 7.58. The van der Waals surface area contributed by atoms with Crippen LogP contribution in [0.1, 0.15) is 25.1 Å². The van der Waals surface area contributed by atoms with Gasteiger partial charge in [0.1, 0.15) is 17.2 Å². The third-order valence-corrected chi connectivity index (χ3v) is 3.22. The number of hydrogen-bond donors (Lipinski definition) is 2. The molecule has 1 aliphatic carbocycles. The number of hydrogen-bond acceptors (Lipinski definition) is 2. The topological polar surface area (TPSA) is 54.7 Å². The van der Waals surface area contributed by atoms with E-state index in [0.29, 0.717) is 11.3 Å². The molecule has 1 aromatic heterocycles. The van der Waals surface area contributed by atoms with Crippen LogP contribution in [-0.4, -0.2) is 9.97 Å². The smallest absolute Gasteiger partial charge is 0.153 e. The number of aromatic nitrogens is 2. The highest BCUT2D eigenvalue weighted by atomic mass is 19.1. The minimum absolute atomic E-state index is 0.160.